The van der Waals surface area contributed by atoms with Gasteiger partial charge in [-0.2, -0.15) is 0 Å². The van der Waals surface area contributed by atoms with E-state index in [9.17, 15) is 4.79 Å². The lowest BCUT2D eigenvalue weighted by atomic mass is 9.88. The SMILES string of the molecule is CCC(CC)C(NC(=O)c1cscn1)c1ccccc1. The lowest BCUT2D eigenvalue weighted by Crippen LogP contribution is -2.33. The molecule has 1 aromatic heterocycles. The number of nitrogens with zero attached hydrogens (tertiary/aromatic N) is 1. The normalized spacial score (nSPS) is 12.3. The van der Waals surface area contributed by atoms with Crippen LogP contribution in [0.25, 0.3) is 0 Å². The Morgan fingerprint density at radius 3 is 2.50 bits per heavy atom. The number of carbonyl (C=O) groups excluding carboxylic acids is 1. The average molecular weight is 288 g/mol. The fourth-order valence-electron chi connectivity index (χ4n) is 2.43. The van der Waals surface area contributed by atoms with Gasteiger partial charge in [-0.15, -0.1) is 11.3 Å². The molecular weight excluding hydrogens is 268 g/mol. The molecule has 106 valence electrons. The molecule has 0 saturated heterocycles. The lowest BCUT2D eigenvalue weighted by molar-refractivity contribution is 0.0915. The second kappa shape index (κ2) is 7.20. The Kier molecular flexibility index (Phi) is 5.30. The van der Waals surface area contributed by atoms with Gasteiger partial charge in [0.05, 0.1) is 11.6 Å². The molecule has 20 heavy (non-hydrogen) atoms. The van der Waals surface area contributed by atoms with Crippen LogP contribution in [0.3, 0.4) is 0 Å². The van der Waals surface area contributed by atoms with Gasteiger partial charge in [-0.25, -0.2) is 4.98 Å². The van der Waals surface area contributed by atoms with E-state index in [0.29, 0.717) is 11.6 Å². The molecule has 1 unspecified atom stereocenters. The number of hydrogen-bond donors (Lipinski definition) is 1. The molecule has 4 heteroatoms. The maximum Gasteiger partial charge on any atom is 0.271 e. The molecule has 1 N–H and O–H groups in total. The van der Waals surface area contributed by atoms with Gasteiger partial charge in [0.2, 0.25) is 0 Å². The molecule has 3 nitrogen and oxygen atoms in total. The van der Waals surface area contributed by atoms with E-state index in [0.717, 1.165) is 18.4 Å². The fourth-order valence-corrected chi connectivity index (χ4v) is 2.97. The van der Waals surface area contributed by atoms with E-state index in [-0.39, 0.29) is 11.9 Å². The Hall–Kier alpha value is -1.68. The monoisotopic (exact) mass is 288 g/mol. The molecule has 0 spiro atoms. The number of rotatable bonds is 6. The minimum absolute atomic E-state index is 0.0420. The van der Waals surface area contributed by atoms with Crippen LogP contribution in [0.15, 0.2) is 41.2 Å². The van der Waals surface area contributed by atoms with Crippen LogP contribution in [0, 0.1) is 5.92 Å². The number of carbonyl (C=O) groups is 1. The summed E-state index contributed by atoms with van der Waals surface area (Å²) in [7, 11) is 0. The smallest absolute Gasteiger partial charge is 0.271 e. The molecule has 0 aliphatic carbocycles. The third-order valence-electron chi connectivity index (χ3n) is 3.63. The first kappa shape index (κ1) is 14.7. The van der Waals surface area contributed by atoms with Crippen LogP contribution in [0.5, 0.6) is 0 Å². The zero-order chi connectivity index (χ0) is 14.4. The van der Waals surface area contributed by atoms with Gasteiger partial charge in [0, 0.05) is 5.38 Å². The Morgan fingerprint density at radius 1 is 1.25 bits per heavy atom. The second-order valence-electron chi connectivity index (χ2n) is 4.81. The number of thiazole rings is 1. The maximum absolute atomic E-state index is 12.3. The number of nitrogens with one attached hydrogen (secondary N) is 1. The van der Waals surface area contributed by atoms with Crippen molar-refractivity contribution < 1.29 is 4.79 Å². The van der Waals surface area contributed by atoms with E-state index in [1.54, 1.807) is 10.9 Å². The van der Waals surface area contributed by atoms with E-state index in [1.807, 2.05) is 18.2 Å². The average Bonchev–Trinajstić information content (AvgIpc) is 3.02. The van der Waals surface area contributed by atoms with Gasteiger partial charge < -0.3 is 5.32 Å². The molecule has 0 aliphatic rings. The zero-order valence-electron chi connectivity index (χ0n) is 11.9. The fraction of sp³-hybridized carbons (Fsp3) is 0.375. The quantitative estimate of drug-likeness (QED) is 0.871. The first-order chi connectivity index (χ1) is 9.76. The third-order valence-corrected chi connectivity index (χ3v) is 4.22. The van der Waals surface area contributed by atoms with Gasteiger partial charge in [-0.05, 0) is 11.5 Å². The van der Waals surface area contributed by atoms with Gasteiger partial charge in [0.1, 0.15) is 5.69 Å². The molecule has 0 fully saturated rings. The topological polar surface area (TPSA) is 42.0 Å². The van der Waals surface area contributed by atoms with Crippen LogP contribution in [0.4, 0.5) is 0 Å². The third kappa shape index (κ3) is 3.45. The number of hydrogen-bond acceptors (Lipinski definition) is 3. The van der Waals surface area contributed by atoms with Crippen molar-refractivity contribution in [2.45, 2.75) is 32.7 Å². The zero-order valence-corrected chi connectivity index (χ0v) is 12.7. The van der Waals surface area contributed by atoms with Crippen LogP contribution in [0.1, 0.15) is 48.8 Å². The van der Waals surface area contributed by atoms with Crippen LogP contribution in [-0.4, -0.2) is 10.9 Å². The van der Waals surface area contributed by atoms with Crippen LogP contribution in [-0.2, 0) is 0 Å². The molecule has 2 rings (SSSR count). The summed E-state index contributed by atoms with van der Waals surface area (Å²) >= 11 is 1.44. The van der Waals surface area contributed by atoms with E-state index in [1.165, 1.54) is 11.3 Å². The highest BCUT2D eigenvalue weighted by Crippen LogP contribution is 2.27. The van der Waals surface area contributed by atoms with Gasteiger partial charge in [0.15, 0.2) is 0 Å². The van der Waals surface area contributed by atoms with Crippen molar-refractivity contribution in [2.75, 3.05) is 0 Å². The van der Waals surface area contributed by atoms with Crippen molar-refractivity contribution in [3.8, 4) is 0 Å². The van der Waals surface area contributed by atoms with E-state index >= 15 is 0 Å². The highest BCUT2D eigenvalue weighted by atomic mass is 32.1. The maximum atomic E-state index is 12.3. The van der Waals surface area contributed by atoms with Crippen molar-refractivity contribution in [3.05, 3.63) is 52.5 Å². The summed E-state index contributed by atoms with van der Waals surface area (Å²) in [5.41, 5.74) is 3.34. The highest BCUT2D eigenvalue weighted by molar-refractivity contribution is 7.07. The number of benzene rings is 1. The van der Waals surface area contributed by atoms with E-state index in [4.69, 9.17) is 0 Å². The minimum atomic E-state index is -0.0907. The summed E-state index contributed by atoms with van der Waals surface area (Å²) < 4.78 is 0. The second-order valence-corrected chi connectivity index (χ2v) is 5.53. The molecule has 1 aromatic carbocycles. The number of aromatic nitrogens is 1. The van der Waals surface area contributed by atoms with E-state index in [2.05, 4.69) is 36.3 Å². The molecule has 0 saturated carbocycles. The lowest BCUT2D eigenvalue weighted by Gasteiger charge is -2.26. The standard InChI is InChI=1S/C16H20N2OS/c1-3-12(4-2)15(13-8-6-5-7-9-13)18-16(19)14-10-20-11-17-14/h5-12,15H,3-4H2,1-2H3,(H,18,19). The predicted octanol–water partition coefficient (Wildman–Crippen LogP) is 4.05. The van der Waals surface area contributed by atoms with Gasteiger partial charge >= 0.3 is 0 Å². The summed E-state index contributed by atoms with van der Waals surface area (Å²) in [6.07, 6.45) is 2.07. The Bertz CT molecular complexity index is 521. The number of amides is 1. The van der Waals surface area contributed by atoms with Gasteiger partial charge in [-0.1, -0.05) is 57.0 Å². The first-order valence-corrected chi connectivity index (χ1v) is 7.94. The van der Waals surface area contributed by atoms with Crippen LogP contribution >= 0.6 is 11.3 Å². The molecule has 0 aliphatic heterocycles. The molecule has 1 atom stereocenters. The van der Waals surface area contributed by atoms with Gasteiger partial charge in [-0.3, -0.25) is 4.79 Å². The summed E-state index contributed by atoms with van der Waals surface area (Å²) in [4.78, 5) is 16.3. The van der Waals surface area contributed by atoms with Crippen LogP contribution < -0.4 is 5.32 Å². The summed E-state index contributed by atoms with van der Waals surface area (Å²) in [6.45, 7) is 4.33. The van der Waals surface area contributed by atoms with Crippen LogP contribution in [0.2, 0.25) is 0 Å². The Labute approximate surface area is 124 Å². The molecule has 0 radical (unpaired) electrons. The van der Waals surface area contributed by atoms with Crippen molar-refractivity contribution in [3.63, 3.8) is 0 Å². The summed E-state index contributed by atoms with van der Waals surface area (Å²) in [6, 6.07) is 10.2. The largest absolute Gasteiger partial charge is 0.344 e. The Balaban J connectivity index is 2.21. The van der Waals surface area contributed by atoms with Crippen molar-refractivity contribution in [2.24, 2.45) is 5.92 Å². The van der Waals surface area contributed by atoms with E-state index < -0.39 is 0 Å². The van der Waals surface area contributed by atoms with Crippen molar-refractivity contribution in [1.29, 1.82) is 0 Å². The summed E-state index contributed by atoms with van der Waals surface area (Å²) in [5.74, 6) is 0.340. The molecule has 1 heterocycles. The molecule has 2 aromatic rings. The van der Waals surface area contributed by atoms with Crippen molar-refractivity contribution >= 4 is 17.2 Å². The molecule has 0 bridgehead atoms. The first-order valence-electron chi connectivity index (χ1n) is 7.00. The summed E-state index contributed by atoms with van der Waals surface area (Å²) in [5, 5.41) is 4.92. The molecule has 1 amide bonds. The minimum Gasteiger partial charge on any atom is -0.344 e. The predicted molar refractivity (Wildman–Crippen MR) is 82.8 cm³/mol. The molecular formula is C16H20N2OS. The Morgan fingerprint density at radius 2 is 1.95 bits per heavy atom. The van der Waals surface area contributed by atoms with Crippen molar-refractivity contribution in [1.82, 2.24) is 10.3 Å². The highest BCUT2D eigenvalue weighted by Gasteiger charge is 2.23. The van der Waals surface area contributed by atoms with Gasteiger partial charge in [0.25, 0.3) is 5.91 Å².